The number of piperidine rings is 1. The van der Waals surface area contributed by atoms with Gasteiger partial charge < -0.3 is 15.7 Å². The number of nitrogens with two attached hydrogens (primary N) is 1. The van der Waals surface area contributed by atoms with E-state index in [1.807, 2.05) is 12.4 Å². The molecule has 2 heterocycles. The van der Waals surface area contributed by atoms with Gasteiger partial charge in [-0.2, -0.15) is 0 Å². The highest BCUT2D eigenvalue weighted by Gasteiger charge is 2.20. The molecule has 0 aliphatic carbocycles. The van der Waals surface area contributed by atoms with Crippen LogP contribution in [0.2, 0.25) is 0 Å². The van der Waals surface area contributed by atoms with E-state index in [1.165, 1.54) is 5.56 Å². The van der Waals surface area contributed by atoms with E-state index in [1.54, 1.807) is 0 Å². The molecule has 5 nitrogen and oxygen atoms in total. The van der Waals surface area contributed by atoms with Crippen LogP contribution in [0.25, 0.3) is 11.1 Å². The van der Waals surface area contributed by atoms with Crippen molar-refractivity contribution < 1.29 is 5.11 Å². The molecule has 0 radical (unpaired) electrons. The lowest BCUT2D eigenvalue weighted by Crippen LogP contribution is -2.35. The van der Waals surface area contributed by atoms with Crippen LogP contribution in [0.4, 0.5) is 5.95 Å². The fourth-order valence-electron chi connectivity index (χ4n) is 3.31. The largest absolute Gasteiger partial charge is 0.396 e. The molecule has 3 N–H and O–H groups in total. The molecule has 2 aromatic rings. The van der Waals surface area contributed by atoms with Crippen molar-refractivity contribution in [1.82, 2.24) is 9.97 Å². The minimum atomic E-state index is 0.291. The van der Waals surface area contributed by atoms with Crippen LogP contribution in [0.1, 0.15) is 24.8 Å². The summed E-state index contributed by atoms with van der Waals surface area (Å²) in [4.78, 5) is 11.4. The lowest BCUT2D eigenvalue weighted by molar-refractivity contribution is 0.240. The Labute approximate surface area is 143 Å². The Morgan fingerprint density at radius 2 is 1.88 bits per heavy atom. The molecule has 1 aliphatic heterocycles. The lowest BCUT2D eigenvalue weighted by atomic mass is 9.94. The minimum absolute atomic E-state index is 0.291. The molecule has 0 saturated carbocycles. The van der Waals surface area contributed by atoms with Crippen LogP contribution in [0.3, 0.4) is 0 Å². The zero-order valence-corrected chi connectivity index (χ0v) is 14.1. The molecule has 1 aliphatic rings. The van der Waals surface area contributed by atoms with Gasteiger partial charge in [0.2, 0.25) is 5.95 Å². The first kappa shape index (κ1) is 16.9. The Balaban J connectivity index is 1.66. The summed E-state index contributed by atoms with van der Waals surface area (Å²) in [6, 6.07) is 8.40. The summed E-state index contributed by atoms with van der Waals surface area (Å²) < 4.78 is 0. The summed E-state index contributed by atoms with van der Waals surface area (Å²) in [7, 11) is 0. The maximum absolute atomic E-state index is 9.05. The third-order valence-corrected chi connectivity index (χ3v) is 4.77. The molecular weight excluding hydrogens is 300 g/mol. The first-order valence-electron chi connectivity index (χ1n) is 8.77. The summed E-state index contributed by atoms with van der Waals surface area (Å²) in [5, 5.41) is 9.05. The first-order valence-corrected chi connectivity index (χ1v) is 8.77. The Morgan fingerprint density at radius 1 is 1.12 bits per heavy atom. The van der Waals surface area contributed by atoms with Crippen LogP contribution >= 0.6 is 0 Å². The molecule has 0 bridgehead atoms. The number of aliphatic hydroxyl groups is 1. The van der Waals surface area contributed by atoms with Crippen LogP contribution in [-0.4, -0.2) is 41.3 Å². The van der Waals surface area contributed by atoms with Crippen molar-refractivity contribution >= 4 is 5.95 Å². The van der Waals surface area contributed by atoms with Crippen molar-refractivity contribution in [2.45, 2.75) is 25.7 Å². The molecule has 1 fully saturated rings. The molecule has 1 aromatic heterocycles. The maximum Gasteiger partial charge on any atom is 0.225 e. The number of rotatable bonds is 6. The van der Waals surface area contributed by atoms with Gasteiger partial charge in [-0.05, 0) is 49.3 Å². The minimum Gasteiger partial charge on any atom is -0.396 e. The Bertz CT molecular complexity index is 636. The number of hydrogen-bond donors (Lipinski definition) is 2. The smallest absolute Gasteiger partial charge is 0.225 e. The van der Waals surface area contributed by atoms with Crippen LogP contribution in [-0.2, 0) is 6.42 Å². The fourth-order valence-corrected chi connectivity index (χ4v) is 3.31. The van der Waals surface area contributed by atoms with Gasteiger partial charge in [0.25, 0.3) is 0 Å². The molecule has 5 heteroatoms. The average Bonchev–Trinajstić information content (AvgIpc) is 2.63. The van der Waals surface area contributed by atoms with E-state index in [2.05, 4.69) is 39.1 Å². The highest BCUT2D eigenvalue weighted by atomic mass is 16.3. The monoisotopic (exact) mass is 326 g/mol. The van der Waals surface area contributed by atoms with Gasteiger partial charge in [0, 0.05) is 37.7 Å². The normalized spacial score (nSPS) is 15.7. The highest BCUT2D eigenvalue weighted by molar-refractivity contribution is 5.63. The summed E-state index contributed by atoms with van der Waals surface area (Å²) in [6.45, 7) is 2.89. The number of benzene rings is 1. The van der Waals surface area contributed by atoms with Crippen molar-refractivity contribution in [2.24, 2.45) is 11.7 Å². The molecule has 0 unspecified atom stereocenters. The maximum atomic E-state index is 9.05. The molecule has 1 aromatic carbocycles. The number of aliphatic hydroxyl groups excluding tert-OH is 1. The molecular formula is C19H26N4O. The molecule has 0 atom stereocenters. The molecule has 0 amide bonds. The number of aromatic nitrogens is 2. The Hall–Kier alpha value is -1.98. The first-order chi connectivity index (χ1) is 11.8. The second-order valence-corrected chi connectivity index (χ2v) is 6.45. The van der Waals surface area contributed by atoms with Crippen LogP contribution in [0.15, 0.2) is 36.7 Å². The van der Waals surface area contributed by atoms with E-state index in [0.717, 1.165) is 55.8 Å². The van der Waals surface area contributed by atoms with Gasteiger partial charge in [-0.15, -0.1) is 0 Å². The zero-order valence-electron chi connectivity index (χ0n) is 14.1. The number of hydrogen-bond acceptors (Lipinski definition) is 5. The van der Waals surface area contributed by atoms with Crippen molar-refractivity contribution in [3.8, 4) is 11.1 Å². The summed E-state index contributed by atoms with van der Waals surface area (Å²) in [5.41, 5.74) is 9.05. The zero-order chi connectivity index (χ0) is 16.8. The van der Waals surface area contributed by atoms with Crippen LogP contribution in [0, 0.1) is 5.92 Å². The summed E-state index contributed by atoms with van der Waals surface area (Å²) in [5.74, 6) is 1.44. The van der Waals surface area contributed by atoms with E-state index in [0.29, 0.717) is 19.1 Å². The van der Waals surface area contributed by atoms with Gasteiger partial charge >= 0.3 is 0 Å². The Kier molecular flexibility index (Phi) is 5.77. The second-order valence-electron chi connectivity index (χ2n) is 6.45. The topological polar surface area (TPSA) is 75.3 Å². The molecule has 1 saturated heterocycles. The fraction of sp³-hybridized carbons (Fsp3) is 0.474. The van der Waals surface area contributed by atoms with E-state index in [-0.39, 0.29) is 0 Å². The molecule has 24 heavy (non-hydrogen) atoms. The molecule has 128 valence electrons. The van der Waals surface area contributed by atoms with Gasteiger partial charge in [-0.3, -0.25) is 0 Å². The SMILES string of the molecule is NCCc1cccc(-c2cnc(N3CCC(CCO)CC3)nc2)c1. The van der Waals surface area contributed by atoms with Crippen LogP contribution < -0.4 is 10.6 Å². The van der Waals surface area contributed by atoms with E-state index in [9.17, 15) is 0 Å². The summed E-state index contributed by atoms with van der Waals surface area (Å²) >= 11 is 0. The average molecular weight is 326 g/mol. The predicted octanol–water partition coefficient (Wildman–Crippen LogP) is 2.24. The third-order valence-electron chi connectivity index (χ3n) is 4.77. The van der Waals surface area contributed by atoms with Crippen LogP contribution in [0.5, 0.6) is 0 Å². The van der Waals surface area contributed by atoms with Crippen molar-refractivity contribution in [3.63, 3.8) is 0 Å². The molecule has 3 rings (SSSR count). The quantitative estimate of drug-likeness (QED) is 0.851. The number of anilines is 1. The van der Waals surface area contributed by atoms with Crippen molar-refractivity contribution in [3.05, 3.63) is 42.2 Å². The summed E-state index contributed by atoms with van der Waals surface area (Å²) in [6.07, 6.45) is 7.81. The number of nitrogens with zero attached hydrogens (tertiary/aromatic N) is 3. The van der Waals surface area contributed by atoms with E-state index < -0.39 is 0 Å². The van der Waals surface area contributed by atoms with Gasteiger partial charge in [-0.25, -0.2) is 9.97 Å². The molecule has 0 spiro atoms. The lowest BCUT2D eigenvalue weighted by Gasteiger charge is -2.31. The van der Waals surface area contributed by atoms with Gasteiger partial charge in [0.15, 0.2) is 0 Å². The van der Waals surface area contributed by atoms with Crippen molar-refractivity contribution in [1.29, 1.82) is 0 Å². The third kappa shape index (κ3) is 4.10. The standard InChI is InChI=1S/C19H26N4O/c20-8-4-16-2-1-3-17(12-16)18-13-21-19(22-14-18)23-9-5-15(6-10-23)7-11-24/h1-3,12-15,24H,4-11,20H2. The van der Waals surface area contributed by atoms with Gasteiger partial charge in [0.1, 0.15) is 0 Å². The van der Waals surface area contributed by atoms with Crippen molar-refractivity contribution in [2.75, 3.05) is 31.1 Å². The highest BCUT2D eigenvalue weighted by Crippen LogP contribution is 2.24. The van der Waals surface area contributed by atoms with Gasteiger partial charge in [-0.1, -0.05) is 24.3 Å². The predicted molar refractivity (Wildman–Crippen MR) is 96.9 cm³/mol. The van der Waals surface area contributed by atoms with Gasteiger partial charge in [0.05, 0.1) is 0 Å². The van der Waals surface area contributed by atoms with E-state index >= 15 is 0 Å². The van der Waals surface area contributed by atoms with E-state index in [4.69, 9.17) is 10.8 Å². The second kappa shape index (κ2) is 8.22. The Morgan fingerprint density at radius 3 is 2.54 bits per heavy atom.